The number of Topliss-reactive ketones (excluding diaryl/α,β-unsaturated/α-hetero) is 1. The smallest absolute Gasteiger partial charge is 0.377 e. The number of benzene rings is 1. The van der Waals surface area contributed by atoms with Crippen molar-refractivity contribution in [3.63, 3.8) is 0 Å². The molecule has 0 spiro atoms. The topological polar surface area (TPSA) is 54.4 Å². The van der Waals surface area contributed by atoms with Crippen LogP contribution in [-0.2, 0) is 4.79 Å². The van der Waals surface area contributed by atoms with Crippen LogP contribution in [0.25, 0.3) is 0 Å². The molecule has 3 nitrogen and oxygen atoms in total. The van der Waals surface area contributed by atoms with Gasteiger partial charge >= 0.3 is 5.97 Å². The average molecular weight is 237 g/mol. The summed E-state index contributed by atoms with van der Waals surface area (Å²) in [5.41, 5.74) is -0.527. The number of carboxylic acid groups (broad SMARTS) is 1. The van der Waals surface area contributed by atoms with Crippen LogP contribution < -0.4 is 0 Å². The molecule has 0 saturated carbocycles. The van der Waals surface area contributed by atoms with Gasteiger partial charge in [-0.15, -0.1) is 0 Å². The fourth-order valence-corrected chi connectivity index (χ4v) is 1.38. The highest BCUT2D eigenvalue weighted by Gasteiger charge is 2.23. The van der Waals surface area contributed by atoms with Gasteiger partial charge in [-0.05, 0) is 12.1 Å². The van der Waals surface area contributed by atoms with Crippen LogP contribution in [0.4, 0.5) is 4.39 Å². The first-order chi connectivity index (χ1) is 6.45. The molecule has 74 valence electrons. The maximum Gasteiger partial charge on any atom is 0.377 e. The molecule has 0 heterocycles. The summed E-state index contributed by atoms with van der Waals surface area (Å²) in [6, 6.07) is 2.02. The lowest BCUT2D eigenvalue weighted by Crippen LogP contribution is -2.14. The second kappa shape index (κ2) is 3.94. The molecule has 0 fully saturated rings. The monoisotopic (exact) mass is 236 g/mol. The van der Waals surface area contributed by atoms with Gasteiger partial charge in [0.25, 0.3) is 5.78 Å². The number of halogens is 3. The van der Waals surface area contributed by atoms with Crippen LogP contribution >= 0.6 is 23.2 Å². The predicted octanol–water partition coefficient (Wildman–Crippen LogP) is 2.40. The van der Waals surface area contributed by atoms with Crippen molar-refractivity contribution in [3.05, 3.63) is 33.6 Å². The van der Waals surface area contributed by atoms with Gasteiger partial charge in [0.1, 0.15) is 5.82 Å². The minimum atomic E-state index is -1.74. The van der Waals surface area contributed by atoms with Crippen LogP contribution in [-0.4, -0.2) is 16.9 Å². The number of ketones is 1. The lowest BCUT2D eigenvalue weighted by Gasteiger charge is -2.03. The Bertz CT molecular complexity index is 417. The van der Waals surface area contributed by atoms with E-state index in [2.05, 4.69) is 0 Å². The van der Waals surface area contributed by atoms with Crippen LogP contribution in [0.2, 0.25) is 10.0 Å². The summed E-state index contributed by atoms with van der Waals surface area (Å²) in [6.07, 6.45) is 0. The van der Waals surface area contributed by atoms with Gasteiger partial charge < -0.3 is 5.11 Å². The molecule has 0 aliphatic heterocycles. The molecule has 0 aliphatic carbocycles. The average Bonchev–Trinajstić information content (AvgIpc) is 2.12. The van der Waals surface area contributed by atoms with Gasteiger partial charge in [-0.1, -0.05) is 23.2 Å². The number of hydrogen-bond donors (Lipinski definition) is 1. The molecule has 0 amide bonds. The Morgan fingerprint density at radius 2 is 1.86 bits per heavy atom. The highest BCUT2D eigenvalue weighted by Crippen LogP contribution is 2.27. The number of hydrogen-bond acceptors (Lipinski definition) is 2. The molecule has 0 radical (unpaired) electrons. The van der Waals surface area contributed by atoms with Gasteiger partial charge in [0, 0.05) is 0 Å². The Kier molecular flexibility index (Phi) is 3.08. The summed E-state index contributed by atoms with van der Waals surface area (Å²) < 4.78 is 12.8. The Morgan fingerprint density at radius 3 is 2.36 bits per heavy atom. The van der Waals surface area contributed by atoms with Crippen molar-refractivity contribution in [2.45, 2.75) is 0 Å². The van der Waals surface area contributed by atoms with Gasteiger partial charge in [-0.25, -0.2) is 9.18 Å². The zero-order valence-corrected chi connectivity index (χ0v) is 8.06. The van der Waals surface area contributed by atoms with E-state index < -0.39 is 28.2 Å². The van der Waals surface area contributed by atoms with E-state index in [-0.39, 0.29) is 5.02 Å². The molecular formula is C8H3Cl2FO3. The zero-order valence-electron chi connectivity index (χ0n) is 6.55. The summed E-state index contributed by atoms with van der Waals surface area (Å²) in [5, 5.41) is 7.62. The molecule has 1 aromatic rings. The minimum absolute atomic E-state index is 0.191. The van der Waals surface area contributed by atoms with Gasteiger partial charge in [0.15, 0.2) is 0 Å². The lowest BCUT2D eigenvalue weighted by atomic mass is 10.1. The van der Waals surface area contributed by atoms with Crippen molar-refractivity contribution < 1.29 is 19.1 Å². The molecule has 0 atom stereocenters. The van der Waals surface area contributed by atoms with Gasteiger partial charge in [0.05, 0.1) is 15.6 Å². The van der Waals surface area contributed by atoms with Crippen LogP contribution in [0, 0.1) is 5.82 Å². The summed E-state index contributed by atoms with van der Waals surface area (Å²) in [6.45, 7) is 0. The summed E-state index contributed by atoms with van der Waals surface area (Å²) in [7, 11) is 0. The molecule has 0 aliphatic rings. The molecular weight excluding hydrogens is 234 g/mol. The number of carbonyl (C=O) groups excluding carboxylic acids is 1. The molecule has 0 saturated heterocycles. The van der Waals surface area contributed by atoms with Crippen LogP contribution in [0.15, 0.2) is 12.1 Å². The molecule has 6 heteroatoms. The fourth-order valence-electron chi connectivity index (χ4n) is 0.842. The van der Waals surface area contributed by atoms with E-state index in [4.69, 9.17) is 28.3 Å². The largest absolute Gasteiger partial charge is 0.475 e. The Balaban J connectivity index is 3.40. The third-order valence-electron chi connectivity index (χ3n) is 1.47. The SMILES string of the molecule is O=C(O)C(=O)c1c(Cl)ccc(F)c1Cl. The molecule has 14 heavy (non-hydrogen) atoms. The first-order valence-electron chi connectivity index (χ1n) is 3.36. The highest BCUT2D eigenvalue weighted by molar-refractivity contribution is 6.49. The highest BCUT2D eigenvalue weighted by atomic mass is 35.5. The summed E-state index contributed by atoms with van der Waals surface area (Å²) in [4.78, 5) is 21.3. The van der Waals surface area contributed by atoms with E-state index in [1.165, 1.54) is 0 Å². The normalized spacial score (nSPS) is 9.93. The second-order valence-corrected chi connectivity index (χ2v) is 3.14. The van der Waals surface area contributed by atoms with Gasteiger partial charge in [0.2, 0.25) is 0 Å². The Morgan fingerprint density at radius 1 is 1.29 bits per heavy atom. The molecule has 0 bridgehead atoms. The zero-order chi connectivity index (χ0) is 10.9. The quantitative estimate of drug-likeness (QED) is 0.488. The predicted molar refractivity (Wildman–Crippen MR) is 48.4 cm³/mol. The molecule has 1 aromatic carbocycles. The van der Waals surface area contributed by atoms with Crippen molar-refractivity contribution in [2.24, 2.45) is 0 Å². The minimum Gasteiger partial charge on any atom is -0.475 e. The third kappa shape index (κ3) is 1.86. The summed E-state index contributed by atoms with van der Waals surface area (Å²) >= 11 is 10.9. The standard InChI is InChI=1S/C8H3Cl2FO3/c9-3-1-2-4(11)6(10)5(3)7(12)8(13)14/h1-2H,(H,13,14). The van der Waals surface area contributed by atoms with Gasteiger partial charge in [-0.3, -0.25) is 4.79 Å². The molecule has 1 rings (SSSR count). The first-order valence-corrected chi connectivity index (χ1v) is 4.12. The van der Waals surface area contributed by atoms with Crippen LogP contribution in [0.3, 0.4) is 0 Å². The Hall–Kier alpha value is -1.13. The second-order valence-electron chi connectivity index (χ2n) is 2.35. The summed E-state index contributed by atoms with van der Waals surface area (Å²) in [5.74, 6) is -3.96. The number of carbonyl (C=O) groups is 2. The van der Waals surface area contributed by atoms with E-state index in [1.54, 1.807) is 0 Å². The van der Waals surface area contributed by atoms with Crippen molar-refractivity contribution in [1.82, 2.24) is 0 Å². The molecule has 0 unspecified atom stereocenters. The number of rotatable bonds is 2. The van der Waals surface area contributed by atoms with Crippen molar-refractivity contribution in [1.29, 1.82) is 0 Å². The van der Waals surface area contributed by atoms with E-state index in [0.29, 0.717) is 0 Å². The first kappa shape index (κ1) is 10.9. The van der Waals surface area contributed by atoms with Crippen LogP contribution in [0.5, 0.6) is 0 Å². The van der Waals surface area contributed by atoms with Crippen molar-refractivity contribution in [3.8, 4) is 0 Å². The lowest BCUT2D eigenvalue weighted by molar-refractivity contribution is -0.131. The van der Waals surface area contributed by atoms with E-state index in [0.717, 1.165) is 12.1 Å². The van der Waals surface area contributed by atoms with E-state index in [1.807, 2.05) is 0 Å². The molecule has 0 aromatic heterocycles. The number of carboxylic acids is 1. The van der Waals surface area contributed by atoms with Crippen molar-refractivity contribution >= 4 is 35.0 Å². The van der Waals surface area contributed by atoms with E-state index in [9.17, 15) is 14.0 Å². The fraction of sp³-hybridized carbons (Fsp3) is 0. The van der Waals surface area contributed by atoms with Gasteiger partial charge in [-0.2, -0.15) is 0 Å². The Labute approximate surface area is 88.1 Å². The van der Waals surface area contributed by atoms with Crippen LogP contribution in [0.1, 0.15) is 10.4 Å². The van der Waals surface area contributed by atoms with E-state index >= 15 is 0 Å². The van der Waals surface area contributed by atoms with Crippen molar-refractivity contribution in [2.75, 3.05) is 0 Å². The number of aliphatic carboxylic acids is 1. The molecule has 1 N–H and O–H groups in total. The maximum absolute atomic E-state index is 12.8. The third-order valence-corrected chi connectivity index (χ3v) is 2.15. The maximum atomic E-state index is 12.8.